The molecular weight excluding hydrogens is 336 g/mol. The van der Waals surface area contributed by atoms with E-state index in [1.807, 2.05) is 29.9 Å². The Balaban J connectivity index is 1.52. The van der Waals surface area contributed by atoms with Crippen LogP contribution in [0.15, 0.2) is 11.4 Å². The molecule has 1 amide bonds. The standard InChI is InChI=1S/C18H26N4O2S/c1-13-16(14(2)22(20-13)7-8-24-3)10-19-18(23)12-21-6-4-17-15(11-21)5-9-25-17/h5,9H,4,6-8,10-12H2,1-3H3,(H,19,23). The molecule has 0 spiro atoms. The number of aryl methyl sites for hydroxylation is 1. The third kappa shape index (κ3) is 4.29. The predicted octanol–water partition coefficient (Wildman–Crippen LogP) is 1.88. The number of aromatic nitrogens is 2. The van der Waals surface area contributed by atoms with E-state index in [-0.39, 0.29) is 5.91 Å². The van der Waals surface area contributed by atoms with Gasteiger partial charge in [0.25, 0.3) is 0 Å². The molecule has 7 heteroatoms. The monoisotopic (exact) mass is 362 g/mol. The number of nitrogens with zero attached hydrogens (tertiary/aromatic N) is 3. The Labute approximate surface area is 152 Å². The van der Waals surface area contributed by atoms with E-state index < -0.39 is 0 Å². The highest BCUT2D eigenvalue weighted by Crippen LogP contribution is 2.23. The van der Waals surface area contributed by atoms with Crippen molar-refractivity contribution in [3.05, 3.63) is 38.8 Å². The van der Waals surface area contributed by atoms with Crippen LogP contribution in [-0.2, 0) is 35.6 Å². The minimum absolute atomic E-state index is 0.0714. The van der Waals surface area contributed by atoms with Crippen LogP contribution in [0.5, 0.6) is 0 Å². The quantitative estimate of drug-likeness (QED) is 0.817. The Morgan fingerprint density at radius 1 is 1.44 bits per heavy atom. The van der Waals surface area contributed by atoms with E-state index in [2.05, 4.69) is 26.8 Å². The summed E-state index contributed by atoms with van der Waals surface area (Å²) in [7, 11) is 1.69. The van der Waals surface area contributed by atoms with Gasteiger partial charge in [0.1, 0.15) is 0 Å². The fraction of sp³-hybridized carbons (Fsp3) is 0.556. The van der Waals surface area contributed by atoms with Gasteiger partial charge in [-0.15, -0.1) is 11.3 Å². The number of carbonyl (C=O) groups is 1. The van der Waals surface area contributed by atoms with Crippen LogP contribution < -0.4 is 5.32 Å². The summed E-state index contributed by atoms with van der Waals surface area (Å²) < 4.78 is 7.06. The summed E-state index contributed by atoms with van der Waals surface area (Å²) in [6.07, 6.45) is 1.05. The van der Waals surface area contributed by atoms with Crippen molar-refractivity contribution in [2.24, 2.45) is 0 Å². The molecule has 1 aliphatic rings. The lowest BCUT2D eigenvalue weighted by Crippen LogP contribution is -2.39. The lowest BCUT2D eigenvalue weighted by molar-refractivity contribution is -0.122. The molecule has 136 valence electrons. The molecule has 0 unspecified atom stereocenters. The summed E-state index contributed by atoms with van der Waals surface area (Å²) in [5.41, 5.74) is 4.53. The van der Waals surface area contributed by atoms with Gasteiger partial charge >= 0.3 is 0 Å². The van der Waals surface area contributed by atoms with Crippen molar-refractivity contribution >= 4 is 17.2 Å². The third-order valence-electron chi connectivity index (χ3n) is 4.75. The van der Waals surface area contributed by atoms with Gasteiger partial charge in [-0.3, -0.25) is 14.4 Å². The second-order valence-electron chi connectivity index (χ2n) is 6.47. The molecular formula is C18H26N4O2S. The van der Waals surface area contributed by atoms with E-state index in [0.717, 1.165) is 43.0 Å². The van der Waals surface area contributed by atoms with Gasteiger partial charge < -0.3 is 10.1 Å². The number of carbonyl (C=O) groups excluding carboxylic acids is 1. The van der Waals surface area contributed by atoms with Crippen LogP contribution in [0.1, 0.15) is 27.4 Å². The largest absolute Gasteiger partial charge is 0.383 e. The Hall–Kier alpha value is -1.70. The lowest BCUT2D eigenvalue weighted by Gasteiger charge is -2.26. The van der Waals surface area contributed by atoms with E-state index in [1.54, 1.807) is 7.11 Å². The lowest BCUT2D eigenvalue weighted by atomic mass is 10.1. The van der Waals surface area contributed by atoms with E-state index >= 15 is 0 Å². The van der Waals surface area contributed by atoms with Gasteiger partial charge in [0.05, 0.1) is 25.4 Å². The normalized spacial score (nSPS) is 14.5. The zero-order chi connectivity index (χ0) is 17.8. The first-order valence-corrected chi connectivity index (χ1v) is 9.52. The maximum Gasteiger partial charge on any atom is 0.234 e. The molecule has 0 fully saturated rings. The van der Waals surface area contributed by atoms with Crippen molar-refractivity contribution in [1.82, 2.24) is 20.0 Å². The number of methoxy groups -OCH3 is 1. The highest BCUT2D eigenvalue weighted by atomic mass is 32.1. The maximum atomic E-state index is 12.3. The van der Waals surface area contributed by atoms with Gasteiger partial charge in [0.2, 0.25) is 5.91 Å². The summed E-state index contributed by atoms with van der Waals surface area (Å²) in [6, 6.07) is 2.17. The maximum absolute atomic E-state index is 12.3. The summed E-state index contributed by atoms with van der Waals surface area (Å²) in [6.45, 7) is 8.20. The molecule has 2 aromatic rings. The molecule has 0 aliphatic carbocycles. The van der Waals surface area contributed by atoms with E-state index in [4.69, 9.17) is 4.74 Å². The van der Waals surface area contributed by atoms with E-state index in [0.29, 0.717) is 19.7 Å². The molecule has 0 aromatic carbocycles. The fourth-order valence-electron chi connectivity index (χ4n) is 3.27. The highest BCUT2D eigenvalue weighted by Gasteiger charge is 2.19. The Bertz CT molecular complexity index is 738. The summed E-state index contributed by atoms with van der Waals surface area (Å²) in [5.74, 6) is 0.0714. The van der Waals surface area contributed by atoms with Crippen LogP contribution in [0.25, 0.3) is 0 Å². The van der Waals surface area contributed by atoms with Crippen molar-refractivity contribution in [1.29, 1.82) is 0 Å². The zero-order valence-electron chi connectivity index (χ0n) is 15.2. The number of hydrogen-bond acceptors (Lipinski definition) is 5. The predicted molar refractivity (Wildman–Crippen MR) is 98.7 cm³/mol. The first-order valence-electron chi connectivity index (χ1n) is 8.64. The van der Waals surface area contributed by atoms with Gasteiger partial charge in [-0.2, -0.15) is 5.10 Å². The van der Waals surface area contributed by atoms with Gasteiger partial charge in [-0.1, -0.05) is 0 Å². The van der Waals surface area contributed by atoms with E-state index in [1.165, 1.54) is 10.4 Å². The summed E-state index contributed by atoms with van der Waals surface area (Å²) in [4.78, 5) is 16.0. The van der Waals surface area contributed by atoms with Crippen molar-refractivity contribution in [2.75, 3.05) is 26.8 Å². The SMILES string of the molecule is COCCn1nc(C)c(CNC(=O)CN2CCc3sccc3C2)c1C. The molecule has 6 nitrogen and oxygen atoms in total. The number of thiophene rings is 1. The van der Waals surface area contributed by atoms with Crippen molar-refractivity contribution < 1.29 is 9.53 Å². The molecule has 0 saturated carbocycles. The van der Waals surface area contributed by atoms with Crippen LogP contribution >= 0.6 is 11.3 Å². The molecule has 2 aromatic heterocycles. The second-order valence-corrected chi connectivity index (χ2v) is 7.47. The van der Waals surface area contributed by atoms with Gasteiger partial charge in [-0.25, -0.2) is 0 Å². The zero-order valence-corrected chi connectivity index (χ0v) is 16.0. The number of nitrogens with one attached hydrogen (secondary N) is 1. The highest BCUT2D eigenvalue weighted by molar-refractivity contribution is 7.10. The molecule has 3 heterocycles. The average Bonchev–Trinajstić information content (AvgIpc) is 3.15. The van der Waals surface area contributed by atoms with E-state index in [9.17, 15) is 4.79 Å². The molecule has 0 bridgehead atoms. The Morgan fingerprint density at radius 2 is 2.28 bits per heavy atom. The second kappa shape index (κ2) is 8.12. The van der Waals surface area contributed by atoms with Crippen LogP contribution in [0.3, 0.4) is 0 Å². The fourth-order valence-corrected chi connectivity index (χ4v) is 4.16. The Kier molecular flexibility index (Phi) is 5.88. The molecule has 0 saturated heterocycles. The Morgan fingerprint density at radius 3 is 3.08 bits per heavy atom. The first kappa shape index (κ1) is 18.1. The topological polar surface area (TPSA) is 59.4 Å². The third-order valence-corrected chi connectivity index (χ3v) is 5.78. The molecule has 0 atom stereocenters. The van der Waals surface area contributed by atoms with Crippen molar-refractivity contribution in [3.63, 3.8) is 0 Å². The van der Waals surface area contributed by atoms with Crippen molar-refractivity contribution in [3.8, 4) is 0 Å². The van der Waals surface area contributed by atoms with Crippen LogP contribution in [0.4, 0.5) is 0 Å². The smallest absolute Gasteiger partial charge is 0.234 e. The number of rotatable bonds is 7. The van der Waals surface area contributed by atoms with Crippen LogP contribution in [0, 0.1) is 13.8 Å². The van der Waals surface area contributed by atoms with Crippen LogP contribution in [0.2, 0.25) is 0 Å². The van der Waals surface area contributed by atoms with Gasteiger partial charge in [0, 0.05) is 42.9 Å². The molecule has 25 heavy (non-hydrogen) atoms. The molecule has 1 N–H and O–H groups in total. The summed E-state index contributed by atoms with van der Waals surface area (Å²) >= 11 is 1.82. The minimum atomic E-state index is 0.0714. The summed E-state index contributed by atoms with van der Waals surface area (Å²) in [5, 5.41) is 9.73. The molecule has 1 aliphatic heterocycles. The first-order chi connectivity index (χ1) is 12.1. The molecule has 3 rings (SSSR count). The van der Waals surface area contributed by atoms with Crippen molar-refractivity contribution in [2.45, 2.75) is 39.9 Å². The van der Waals surface area contributed by atoms with Gasteiger partial charge in [0.15, 0.2) is 0 Å². The number of hydrogen-bond donors (Lipinski definition) is 1. The average molecular weight is 362 g/mol. The van der Waals surface area contributed by atoms with Crippen LogP contribution in [-0.4, -0.2) is 47.4 Å². The minimum Gasteiger partial charge on any atom is -0.383 e. The number of amides is 1. The number of fused-ring (bicyclic) bond motifs is 1. The van der Waals surface area contributed by atoms with Gasteiger partial charge in [-0.05, 0) is 37.3 Å². The molecule has 0 radical (unpaired) electrons. The number of ether oxygens (including phenoxy) is 1.